The van der Waals surface area contributed by atoms with Gasteiger partial charge in [0.2, 0.25) is 0 Å². The predicted octanol–water partition coefficient (Wildman–Crippen LogP) is 4.63. The molecule has 1 aliphatic carbocycles. The SMILES string of the molecule is C=CC(OC(=O)C1C(C=C(C)C)C1(C)C)c1ccc(OC(C)=O)c(OC)c1. The zero-order chi connectivity index (χ0) is 20.4. The van der Waals surface area contributed by atoms with E-state index in [0.29, 0.717) is 17.1 Å². The quantitative estimate of drug-likeness (QED) is 0.397. The van der Waals surface area contributed by atoms with E-state index in [2.05, 4.69) is 26.5 Å². The highest BCUT2D eigenvalue weighted by atomic mass is 16.6. The fourth-order valence-corrected chi connectivity index (χ4v) is 3.35. The van der Waals surface area contributed by atoms with Crippen LogP contribution in [-0.4, -0.2) is 19.0 Å². The summed E-state index contributed by atoms with van der Waals surface area (Å²) in [6.45, 7) is 13.3. The summed E-state index contributed by atoms with van der Waals surface area (Å²) >= 11 is 0. The summed E-state index contributed by atoms with van der Waals surface area (Å²) in [6.07, 6.45) is 3.09. The number of carbonyl (C=O) groups is 2. The van der Waals surface area contributed by atoms with Crippen LogP contribution in [0.15, 0.2) is 42.5 Å². The summed E-state index contributed by atoms with van der Waals surface area (Å²) in [6, 6.07) is 5.03. The number of carbonyl (C=O) groups excluding carboxylic acids is 2. The predicted molar refractivity (Wildman–Crippen MR) is 104 cm³/mol. The summed E-state index contributed by atoms with van der Waals surface area (Å²) < 4.78 is 16.1. The van der Waals surface area contributed by atoms with Gasteiger partial charge in [0.25, 0.3) is 0 Å². The van der Waals surface area contributed by atoms with E-state index in [1.165, 1.54) is 19.6 Å². The van der Waals surface area contributed by atoms with Gasteiger partial charge in [-0.3, -0.25) is 9.59 Å². The Morgan fingerprint density at radius 2 is 1.85 bits per heavy atom. The van der Waals surface area contributed by atoms with Crippen LogP contribution in [0.1, 0.15) is 46.3 Å². The van der Waals surface area contributed by atoms with Gasteiger partial charge in [0.15, 0.2) is 11.5 Å². The summed E-state index contributed by atoms with van der Waals surface area (Å²) in [4.78, 5) is 23.9. The van der Waals surface area contributed by atoms with Crippen LogP contribution in [0.4, 0.5) is 0 Å². The molecule has 1 fully saturated rings. The van der Waals surface area contributed by atoms with E-state index in [1.807, 2.05) is 13.8 Å². The minimum absolute atomic E-state index is 0.114. The number of benzene rings is 1. The first-order valence-corrected chi connectivity index (χ1v) is 8.96. The van der Waals surface area contributed by atoms with Gasteiger partial charge in [0.05, 0.1) is 13.0 Å². The molecule has 27 heavy (non-hydrogen) atoms. The Bertz CT molecular complexity index is 771. The molecule has 1 aromatic carbocycles. The van der Waals surface area contributed by atoms with Crippen LogP contribution in [0.25, 0.3) is 0 Å². The zero-order valence-corrected chi connectivity index (χ0v) is 16.9. The van der Waals surface area contributed by atoms with Crippen LogP contribution in [0.2, 0.25) is 0 Å². The third kappa shape index (κ3) is 4.59. The van der Waals surface area contributed by atoms with Crippen LogP contribution in [0.3, 0.4) is 0 Å². The number of hydrogen-bond donors (Lipinski definition) is 0. The standard InChI is InChI=1S/C22H28O5/c1-8-17(15-9-10-18(26-14(4)23)19(12-15)25-7)27-21(24)20-16(11-13(2)3)22(20,5)6/h8-12,16-17,20H,1H2,2-7H3. The molecule has 0 spiro atoms. The minimum Gasteiger partial charge on any atom is -0.493 e. The van der Waals surface area contributed by atoms with Gasteiger partial charge >= 0.3 is 11.9 Å². The van der Waals surface area contributed by atoms with Crippen molar-refractivity contribution in [2.24, 2.45) is 17.3 Å². The highest BCUT2D eigenvalue weighted by molar-refractivity contribution is 5.78. The Balaban J connectivity index is 2.18. The molecular formula is C22H28O5. The molecule has 146 valence electrons. The van der Waals surface area contributed by atoms with E-state index in [9.17, 15) is 9.59 Å². The molecule has 0 aromatic heterocycles. The van der Waals surface area contributed by atoms with Crippen molar-refractivity contribution in [3.05, 3.63) is 48.1 Å². The molecule has 3 atom stereocenters. The molecule has 5 nitrogen and oxygen atoms in total. The minimum atomic E-state index is -0.610. The van der Waals surface area contributed by atoms with E-state index < -0.39 is 12.1 Å². The monoisotopic (exact) mass is 372 g/mol. The Morgan fingerprint density at radius 1 is 1.19 bits per heavy atom. The second-order valence-corrected chi connectivity index (χ2v) is 7.67. The zero-order valence-electron chi connectivity index (χ0n) is 16.9. The van der Waals surface area contributed by atoms with Gasteiger partial charge in [-0.15, -0.1) is 0 Å². The summed E-state index contributed by atoms with van der Waals surface area (Å²) in [5.41, 5.74) is 1.77. The molecule has 0 aliphatic heterocycles. The maximum Gasteiger partial charge on any atom is 0.311 e. The number of allylic oxidation sites excluding steroid dienone is 2. The van der Waals surface area contributed by atoms with E-state index >= 15 is 0 Å². The second-order valence-electron chi connectivity index (χ2n) is 7.67. The van der Waals surface area contributed by atoms with Crippen molar-refractivity contribution in [1.29, 1.82) is 0 Å². The number of hydrogen-bond acceptors (Lipinski definition) is 5. The topological polar surface area (TPSA) is 61.8 Å². The van der Waals surface area contributed by atoms with Crippen molar-refractivity contribution < 1.29 is 23.8 Å². The molecule has 5 heteroatoms. The van der Waals surface area contributed by atoms with Gasteiger partial charge in [-0.2, -0.15) is 0 Å². The van der Waals surface area contributed by atoms with Crippen molar-refractivity contribution >= 4 is 11.9 Å². The Morgan fingerprint density at radius 3 is 2.37 bits per heavy atom. The lowest BCUT2D eigenvalue weighted by atomic mass is 10.1. The van der Waals surface area contributed by atoms with E-state index in [0.717, 1.165) is 0 Å². The van der Waals surface area contributed by atoms with Crippen LogP contribution in [0.5, 0.6) is 11.5 Å². The maximum absolute atomic E-state index is 12.7. The first kappa shape index (κ1) is 20.7. The molecule has 2 rings (SSSR count). The van der Waals surface area contributed by atoms with E-state index in [4.69, 9.17) is 14.2 Å². The molecule has 1 saturated carbocycles. The normalized spacial score (nSPS) is 20.8. The van der Waals surface area contributed by atoms with Gasteiger partial charge in [0.1, 0.15) is 6.10 Å². The smallest absolute Gasteiger partial charge is 0.311 e. The molecule has 0 radical (unpaired) electrons. The number of ether oxygens (including phenoxy) is 3. The summed E-state index contributed by atoms with van der Waals surface area (Å²) in [5, 5.41) is 0. The molecular weight excluding hydrogens is 344 g/mol. The molecule has 0 N–H and O–H groups in total. The van der Waals surface area contributed by atoms with Gasteiger partial charge in [-0.1, -0.05) is 38.1 Å². The van der Waals surface area contributed by atoms with Crippen molar-refractivity contribution in [3.63, 3.8) is 0 Å². The molecule has 0 amide bonds. The molecule has 0 heterocycles. The largest absolute Gasteiger partial charge is 0.493 e. The first-order valence-electron chi connectivity index (χ1n) is 8.96. The lowest BCUT2D eigenvalue weighted by Crippen LogP contribution is -2.14. The van der Waals surface area contributed by atoms with Crippen molar-refractivity contribution in [3.8, 4) is 11.5 Å². The number of methoxy groups -OCH3 is 1. The van der Waals surface area contributed by atoms with Crippen LogP contribution in [0, 0.1) is 17.3 Å². The highest BCUT2D eigenvalue weighted by Crippen LogP contribution is 2.60. The van der Waals surface area contributed by atoms with Gasteiger partial charge < -0.3 is 14.2 Å². The average molecular weight is 372 g/mol. The fourth-order valence-electron chi connectivity index (χ4n) is 3.35. The van der Waals surface area contributed by atoms with Crippen LogP contribution < -0.4 is 9.47 Å². The summed E-state index contributed by atoms with van der Waals surface area (Å²) in [7, 11) is 1.48. The van der Waals surface area contributed by atoms with Gasteiger partial charge in [-0.25, -0.2) is 0 Å². The lowest BCUT2D eigenvalue weighted by molar-refractivity contribution is -0.149. The van der Waals surface area contributed by atoms with Crippen molar-refractivity contribution in [1.82, 2.24) is 0 Å². The maximum atomic E-state index is 12.7. The van der Waals surface area contributed by atoms with Gasteiger partial charge in [0, 0.05) is 12.5 Å². The van der Waals surface area contributed by atoms with Crippen LogP contribution >= 0.6 is 0 Å². The molecule has 1 aromatic rings. The van der Waals surface area contributed by atoms with Crippen molar-refractivity contribution in [2.45, 2.75) is 40.7 Å². The highest BCUT2D eigenvalue weighted by Gasteiger charge is 2.61. The lowest BCUT2D eigenvalue weighted by Gasteiger charge is -2.17. The van der Waals surface area contributed by atoms with Crippen molar-refractivity contribution in [2.75, 3.05) is 7.11 Å². The van der Waals surface area contributed by atoms with E-state index in [1.54, 1.807) is 24.3 Å². The molecule has 1 aliphatic rings. The first-order chi connectivity index (χ1) is 12.6. The summed E-state index contributed by atoms with van der Waals surface area (Å²) in [5.74, 6) is 0.0393. The molecule has 0 bridgehead atoms. The molecule has 0 saturated heterocycles. The Kier molecular flexibility index (Phi) is 6.14. The van der Waals surface area contributed by atoms with Gasteiger partial charge in [-0.05, 0) is 43.4 Å². The third-order valence-corrected chi connectivity index (χ3v) is 4.90. The van der Waals surface area contributed by atoms with Crippen LogP contribution in [-0.2, 0) is 14.3 Å². The number of esters is 2. The second kappa shape index (κ2) is 7.99. The fraction of sp³-hybridized carbons (Fsp3) is 0.455. The molecule has 3 unspecified atom stereocenters. The third-order valence-electron chi connectivity index (χ3n) is 4.90. The Labute approximate surface area is 161 Å². The Hall–Kier alpha value is -2.56. The van der Waals surface area contributed by atoms with E-state index in [-0.39, 0.29) is 23.2 Å². The number of rotatable bonds is 7. The average Bonchev–Trinajstić information content (AvgIpc) is 3.12.